The first-order valence-corrected chi connectivity index (χ1v) is 7.18. The maximum atomic E-state index is 13.0. The Morgan fingerprint density at radius 2 is 2.00 bits per heavy atom. The van der Waals surface area contributed by atoms with Gasteiger partial charge in [0.1, 0.15) is 11.6 Å². The van der Waals surface area contributed by atoms with E-state index < -0.39 is 0 Å². The van der Waals surface area contributed by atoms with Crippen LogP contribution >= 0.6 is 22.6 Å². The van der Waals surface area contributed by atoms with Crippen LogP contribution in [0.2, 0.25) is 0 Å². The summed E-state index contributed by atoms with van der Waals surface area (Å²) in [6, 6.07) is 12.6. The van der Waals surface area contributed by atoms with Crippen molar-refractivity contribution in [2.75, 3.05) is 11.9 Å². The zero-order chi connectivity index (χ0) is 13.7. The van der Waals surface area contributed by atoms with Gasteiger partial charge in [-0.3, -0.25) is 0 Å². The first-order valence-electron chi connectivity index (χ1n) is 6.10. The summed E-state index contributed by atoms with van der Waals surface area (Å²) >= 11 is 2.12. The lowest BCUT2D eigenvalue weighted by atomic mass is 10.2. The molecule has 1 N–H and O–H groups in total. The highest BCUT2D eigenvalue weighted by molar-refractivity contribution is 14.1. The van der Waals surface area contributed by atoms with E-state index in [0.29, 0.717) is 13.2 Å². The number of anilines is 1. The molecule has 0 aliphatic rings. The fourth-order valence-electron chi connectivity index (χ4n) is 1.77. The molecule has 0 bridgehead atoms. The Morgan fingerprint density at radius 1 is 1.21 bits per heavy atom. The molecule has 100 valence electrons. The van der Waals surface area contributed by atoms with Crippen LogP contribution in [-0.2, 0) is 6.54 Å². The largest absolute Gasteiger partial charge is 0.494 e. The van der Waals surface area contributed by atoms with Gasteiger partial charge in [-0.2, -0.15) is 0 Å². The molecule has 0 unspecified atom stereocenters. The van der Waals surface area contributed by atoms with Crippen LogP contribution in [0.5, 0.6) is 5.75 Å². The van der Waals surface area contributed by atoms with E-state index in [0.717, 1.165) is 20.6 Å². The minimum absolute atomic E-state index is 0.218. The summed E-state index contributed by atoms with van der Waals surface area (Å²) in [6.45, 7) is 3.26. The molecule has 0 spiro atoms. The number of halogens is 2. The number of rotatable bonds is 5. The van der Waals surface area contributed by atoms with Crippen LogP contribution in [0.25, 0.3) is 0 Å². The molecule has 0 radical (unpaired) electrons. The van der Waals surface area contributed by atoms with Gasteiger partial charge in [-0.15, -0.1) is 0 Å². The highest BCUT2D eigenvalue weighted by Crippen LogP contribution is 2.22. The second kappa shape index (κ2) is 6.75. The van der Waals surface area contributed by atoms with Crippen LogP contribution in [0.3, 0.4) is 0 Å². The summed E-state index contributed by atoms with van der Waals surface area (Å²) in [7, 11) is 0. The number of hydrogen-bond donors (Lipinski definition) is 1. The van der Waals surface area contributed by atoms with Gasteiger partial charge in [0.05, 0.1) is 6.61 Å². The molecule has 0 atom stereocenters. The Hall–Kier alpha value is -1.30. The molecule has 0 aliphatic carbocycles. The average Bonchev–Trinajstić information content (AvgIpc) is 2.40. The van der Waals surface area contributed by atoms with E-state index in [1.807, 2.05) is 31.2 Å². The molecule has 4 heteroatoms. The van der Waals surface area contributed by atoms with Gasteiger partial charge in [0.15, 0.2) is 0 Å². The number of nitrogens with one attached hydrogen (secondary N) is 1. The zero-order valence-electron chi connectivity index (χ0n) is 10.6. The molecule has 0 aromatic heterocycles. The van der Waals surface area contributed by atoms with E-state index >= 15 is 0 Å². The standard InChI is InChI=1S/C15H15FINO/c1-2-19-15-6-4-3-5-11(15)10-18-14-8-7-12(16)9-13(14)17/h3-9,18H,2,10H2,1H3. The predicted molar refractivity (Wildman–Crippen MR) is 84.1 cm³/mol. The summed E-state index contributed by atoms with van der Waals surface area (Å²) in [5, 5.41) is 3.30. The molecule has 0 saturated heterocycles. The Bertz CT molecular complexity index is 560. The Balaban J connectivity index is 2.10. The molecule has 0 fully saturated rings. The van der Waals surface area contributed by atoms with Crippen molar-refractivity contribution in [3.05, 3.63) is 57.4 Å². The summed E-state index contributed by atoms with van der Waals surface area (Å²) < 4.78 is 19.5. The SMILES string of the molecule is CCOc1ccccc1CNc1ccc(F)cc1I. The van der Waals surface area contributed by atoms with E-state index in [2.05, 4.69) is 27.9 Å². The normalized spacial score (nSPS) is 10.3. The first-order chi connectivity index (χ1) is 9.20. The lowest BCUT2D eigenvalue weighted by molar-refractivity contribution is 0.337. The lowest BCUT2D eigenvalue weighted by Gasteiger charge is -2.12. The van der Waals surface area contributed by atoms with Crippen LogP contribution in [-0.4, -0.2) is 6.61 Å². The van der Waals surface area contributed by atoms with Crippen molar-refractivity contribution < 1.29 is 9.13 Å². The molecular weight excluding hydrogens is 356 g/mol. The van der Waals surface area contributed by atoms with Gasteiger partial charge in [0.25, 0.3) is 0 Å². The van der Waals surface area contributed by atoms with Crippen molar-refractivity contribution in [3.8, 4) is 5.75 Å². The zero-order valence-corrected chi connectivity index (χ0v) is 12.8. The van der Waals surface area contributed by atoms with Crippen LogP contribution in [0, 0.1) is 9.39 Å². The minimum Gasteiger partial charge on any atom is -0.494 e. The topological polar surface area (TPSA) is 21.3 Å². The van der Waals surface area contributed by atoms with Gasteiger partial charge in [-0.05, 0) is 53.8 Å². The third-order valence-corrected chi connectivity index (χ3v) is 3.57. The Labute approximate surface area is 126 Å². The maximum Gasteiger partial charge on any atom is 0.124 e. The maximum absolute atomic E-state index is 13.0. The third-order valence-electron chi connectivity index (χ3n) is 2.67. The number of benzene rings is 2. The average molecular weight is 371 g/mol. The number of ether oxygens (including phenoxy) is 1. The molecule has 2 nitrogen and oxygen atoms in total. The van der Waals surface area contributed by atoms with Gasteiger partial charge < -0.3 is 10.1 Å². The highest BCUT2D eigenvalue weighted by atomic mass is 127. The van der Waals surface area contributed by atoms with Crippen molar-refractivity contribution >= 4 is 28.3 Å². The Kier molecular flexibility index (Phi) is 5.01. The van der Waals surface area contributed by atoms with Crippen molar-refractivity contribution in [3.63, 3.8) is 0 Å². The van der Waals surface area contributed by atoms with E-state index in [-0.39, 0.29) is 5.82 Å². The van der Waals surface area contributed by atoms with Crippen LogP contribution in [0.4, 0.5) is 10.1 Å². The van der Waals surface area contributed by atoms with Crippen molar-refractivity contribution in [2.24, 2.45) is 0 Å². The van der Waals surface area contributed by atoms with Crippen molar-refractivity contribution in [2.45, 2.75) is 13.5 Å². The van der Waals surface area contributed by atoms with E-state index in [4.69, 9.17) is 4.74 Å². The molecule has 0 amide bonds. The van der Waals surface area contributed by atoms with Crippen LogP contribution in [0.15, 0.2) is 42.5 Å². The number of para-hydroxylation sites is 1. The van der Waals surface area contributed by atoms with E-state index in [9.17, 15) is 4.39 Å². The van der Waals surface area contributed by atoms with Gasteiger partial charge in [0.2, 0.25) is 0 Å². The summed E-state index contributed by atoms with van der Waals surface area (Å²) in [5.41, 5.74) is 2.01. The van der Waals surface area contributed by atoms with Crippen LogP contribution in [0.1, 0.15) is 12.5 Å². The molecule has 19 heavy (non-hydrogen) atoms. The quantitative estimate of drug-likeness (QED) is 0.785. The lowest BCUT2D eigenvalue weighted by Crippen LogP contribution is -2.04. The highest BCUT2D eigenvalue weighted by Gasteiger charge is 2.04. The smallest absolute Gasteiger partial charge is 0.124 e. The fraction of sp³-hybridized carbons (Fsp3) is 0.200. The predicted octanol–water partition coefficient (Wildman–Crippen LogP) is 4.44. The molecule has 0 saturated carbocycles. The monoisotopic (exact) mass is 371 g/mol. The molecule has 2 rings (SSSR count). The fourth-order valence-corrected chi connectivity index (χ4v) is 2.44. The molecule has 0 heterocycles. The van der Waals surface area contributed by atoms with Crippen LogP contribution < -0.4 is 10.1 Å². The summed E-state index contributed by atoms with van der Waals surface area (Å²) in [4.78, 5) is 0. The molecule has 2 aromatic carbocycles. The van der Waals surface area contributed by atoms with Gasteiger partial charge >= 0.3 is 0 Å². The first kappa shape index (κ1) is 14.1. The van der Waals surface area contributed by atoms with Crippen molar-refractivity contribution in [1.82, 2.24) is 0 Å². The molecule has 2 aromatic rings. The van der Waals surface area contributed by atoms with E-state index in [1.165, 1.54) is 12.1 Å². The molecular formula is C15H15FINO. The second-order valence-corrected chi connectivity index (χ2v) is 5.18. The minimum atomic E-state index is -0.218. The van der Waals surface area contributed by atoms with E-state index in [1.54, 1.807) is 6.07 Å². The van der Waals surface area contributed by atoms with Crippen molar-refractivity contribution in [1.29, 1.82) is 0 Å². The van der Waals surface area contributed by atoms with Gasteiger partial charge in [0, 0.05) is 21.4 Å². The second-order valence-electron chi connectivity index (χ2n) is 4.02. The molecule has 0 aliphatic heterocycles. The van der Waals surface area contributed by atoms with Gasteiger partial charge in [-0.25, -0.2) is 4.39 Å². The summed E-state index contributed by atoms with van der Waals surface area (Å²) in [6.07, 6.45) is 0. The van der Waals surface area contributed by atoms with Gasteiger partial charge in [-0.1, -0.05) is 18.2 Å². The summed E-state index contributed by atoms with van der Waals surface area (Å²) in [5.74, 6) is 0.666. The third kappa shape index (κ3) is 3.83. The number of hydrogen-bond acceptors (Lipinski definition) is 2. The Morgan fingerprint density at radius 3 is 2.74 bits per heavy atom.